The number of aryl methyl sites for hydroxylation is 1. The van der Waals surface area contributed by atoms with Crippen molar-refractivity contribution in [2.45, 2.75) is 13.3 Å². The first-order valence-corrected chi connectivity index (χ1v) is 9.24. The maximum atomic E-state index is 12.4. The Kier molecular flexibility index (Phi) is 5.64. The molecule has 5 nitrogen and oxygen atoms in total. The third kappa shape index (κ3) is 4.60. The molecule has 0 radical (unpaired) electrons. The van der Waals surface area contributed by atoms with E-state index in [-0.39, 0.29) is 11.3 Å². The van der Waals surface area contributed by atoms with Crippen molar-refractivity contribution in [3.05, 3.63) is 70.6 Å². The summed E-state index contributed by atoms with van der Waals surface area (Å²) in [6.45, 7) is 2.10. The number of hydrogen-bond donors (Lipinski definition) is 2. The summed E-state index contributed by atoms with van der Waals surface area (Å²) < 4.78 is 0. The SMILES string of the molecule is CCc1ccc(-c2csc(NC(=O)/C(C#N)=C/c3cccc(O)c3)n2)cc1. The molecule has 1 heterocycles. The van der Waals surface area contributed by atoms with Crippen LogP contribution in [0.25, 0.3) is 17.3 Å². The zero-order chi connectivity index (χ0) is 19.2. The number of carbonyl (C=O) groups excluding carboxylic acids is 1. The number of rotatable bonds is 5. The summed E-state index contributed by atoms with van der Waals surface area (Å²) in [6, 6.07) is 16.3. The summed E-state index contributed by atoms with van der Waals surface area (Å²) in [7, 11) is 0. The zero-order valence-electron chi connectivity index (χ0n) is 14.6. The number of aromatic hydroxyl groups is 1. The van der Waals surface area contributed by atoms with Gasteiger partial charge < -0.3 is 5.11 Å². The van der Waals surface area contributed by atoms with E-state index in [0.29, 0.717) is 10.7 Å². The van der Waals surface area contributed by atoms with E-state index in [2.05, 4.69) is 29.4 Å². The molecule has 0 unspecified atom stereocenters. The van der Waals surface area contributed by atoms with E-state index in [1.165, 1.54) is 35.1 Å². The summed E-state index contributed by atoms with van der Waals surface area (Å²) in [6.07, 6.45) is 2.40. The predicted molar refractivity (Wildman–Crippen MR) is 107 cm³/mol. The molecule has 0 bridgehead atoms. The summed E-state index contributed by atoms with van der Waals surface area (Å²) in [5.74, 6) is -0.469. The third-order valence-electron chi connectivity index (χ3n) is 3.93. The van der Waals surface area contributed by atoms with Crippen LogP contribution in [0, 0.1) is 11.3 Å². The van der Waals surface area contributed by atoms with Crippen LogP contribution in [0.1, 0.15) is 18.1 Å². The second kappa shape index (κ2) is 8.30. The number of nitrogens with one attached hydrogen (secondary N) is 1. The Bertz CT molecular complexity index is 1030. The number of aromatic nitrogens is 1. The third-order valence-corrected chi connectivity index (χ3v) is 4.69. The molecule has 0 fully saturated rings. The van der Waals surface area contributed by atoms with Crippen LogP contribution in [0.15, 0.2) is 59.5 Å². The Labute approximate surface area is 161 Å². The fraction of sp³-hybridized carbons (Fsp3) is 0.0952. The molecule has 0 aliphatic carbocycles. The summed E-state index contributed by atoms with van der Waals surface area (Å²) in [5, 5.41) is 23.7. The van der Waals surface area contributed by atoms with Crippen LogP contribution < -0.4 is 5.32 Å². The minimum atomic E-state index is -0.539. The highest BCUT2D eigenvalue weighted by atomic mass is 32.1. The van der Waals surface area contributed by atoms with Crippen LogP contribution in [0.5, 0.6) is 5.75 Å². The lowest BCUT2D eigenvalue weighted by atomic mass is 10.1. The largest absolute Gasteiger partial charge is 0.508 e. The van der Waals surface area contributed by atoms with Gasteiger partial charge >= 0.3 is 0 Å². The van der Waals surface area contributed by atoms with E-state index in [0.717, 1.165) is 17.7 Å². The van der Waals surface area contributed by atoms with Crippen molar-refractivity contribution in [3.63, 3.8) is 0 Å². The smallest absolute Gasteiger partial charge is 0.268 e. The lowest BCUT2D eigenvalue weighted by Gasteiger charge is -2.01. The van der Waals surface area contributed by atoms with Crippen LogP contribution in [0.2, 0.25) is 0 Å². The van der Waals surface area contributed by atoms with Gasteiger partial charge in [-0.3, -0.25) is 10.1 Å². The Morgan fingerprint density at radius 1 is 1.30 bits per heavy atom. The number of phenolic OH excluding ortho intramolecular Hbond substituents is 1. The normalized spacial score (nSPS) is 11.0. The van der Waals surface area contributed by atoms with Crippen LogP contribution in [-0.2, 0) is 11.2 Å². The van der Waals surface area contributed by atoms with Crippen LogP contribution in [-0.4, -0.2) is 16.0 Å². The molecule has 27 heavy (non-hydrogen) atoms. The minimum Gasteiger partial charge on any atom is -0.508 e. The molecule has 2 aromatic carbocycles. The zero-order valence-corrected chi connectivity index (χ0v) is 15.5. The van der Waals surface area contributed by atoms with E-state index in [1.807, 2.05) is 23.6 Å². The van der Waals surface area contributed by atoms with Gasteiger partial charge in [-0.25, -0.2) is 4.98 Å². The topological polar surface area (TPSA) is 86.0 Å². The van der Waals surface area contributed by atoms with E-state index >= 15 is 0 Å². The van der Waals surface area contributed by atoms with Crippen molar-refractivity contribution in [3.8, 4) is 23.1 Å². The van der Waals surface area contributed by atoms with Crippen molar-refractivity contribution < 1.29 is 9.90 Å². The van der Waals surface area contributed by atoms with Crippen LogP contribution in [0.3, 0.4) is 0 Å². The highest BCUT2D eigenvalue weighted by Crippen LogP contribution is 2.25. The van der Waals surface area contributed by atoms with Gasteiger partial charge in [-0.1, -0.05) is 43.3 Å². The molecule has 1 aromatic heterocycles. The Balaban J connectivity index is 1.75. The molecule has 6 heteroatoms. The molecule has 3 rings (SSSR count). The highest BCUT2D eigenvalue weighted by Gasteiger charge is 2.12. The first-order valence-electron chi connectivity index (χ1n) is 8.36. The van der Waals surface area contributed by atoms with Gasteiger partial charge in [0.05, 0.1) is 5.69 Å². The number of phenols is 1. The molecule has 0 spiro atoms. The van der Waals surface area contributed by atoms with Crippen LogP contribution in [0.4, 0.5) is 5.13 Å². The van der Waals surface area contributed by atoms with Gasteiger partial charge in [0.2, 0.25) is 0 Å². The first kappa shape index (κ1) is 18.4. The van der Waals surface area contributed by atoms with Crippen molar-refractivity contribution in [2.24, 2.45) is 0 Å². The number of nitrogens with zero attached hydrogens (tertiary/aromatic N) is 2. The Morgan fingerprint density at radius 3 is 2.74 bits per heavy atom. The van der Waals surface area contributed by atoms with Crippen molar-refractivity contribution in [2.75, 3.05) is 5.32 Å². The monoisotopic (exact) mass is 375 g/mol. The van der Waals surface area contributed by atoms with E-state index in [4.69, 9.17) is 0 Å². The molecule has 0 saturated heterocycles. The highest BCUT2D eigenvalue weighted by molar-refractivity contribution is 7.14. The number of benzene rings is 2. The number of carbonyl (C=O) groups is 1. The fourth-order valence-electron chi connectivity index (χ4n) is 2.47. The van der Waals surface area contributed by atoms with Gasteiger partial charge in [-0.2, -0.15) is 5.26 Å². The first-order chi connectivity index (χ1) is 13.1. The summed E-state index contributed by atoms with van der Waals surface area (Å²) in [4.78, 5) is 16.8. The quantitative estimate of drug-likeness (QED) is 0.503. The van der Waals surface area contributed by atoms with Gasteiger partial charge in [0.1, 0.15) is 17.4 Å². The molecular formula is C21H17N3O2S. The molecule has 3 aromatic rings. The standard InChI is InChI=1S/C21H17N3O2S/c1-2-14-6-8-16(9-7-14)19-13-27-21(23-19)24-20(26)17(12-22)10-15-4-3-5-18(25)11-15/h3-11,13,25H,2H2,1H3,(H,23,24,26)/b17-10+. The van der Waals surface area contributed by atoms with Crippen molar-refractivity contribution in [1.29, 1.82) is 5.26 Å². The van der Waals surface area contributed by atoms with Crippen molar-refractivity contribution in [1.82, 2.24) is 4.98 Å². The molecule has 2 N–H and O–H groups in total. The number of anilines is 1. The average molecular weight is 375 g/mol. The molecule has 0 aliphatic heterocycles. The molecule has 0 aliphatic rings. The van der Waals surface area contributed by atoms with Crippen LogP contribution >= 0.6 is 11.3 Å². The van der Waals surface area contributed by atoms with E-state index in [1.54, 1.807) is 12.1 Å². The minimum absolute atomic E-state index is 0.0651. The second-order valence-electron chi connectivity index (χ2n) is 5.81. The summed E-state index contributed by atoms with van der Waals surface area (Å²) >= 11 is 1.30. The predicted octanol–water partition coefficient (Wildman–Crippen LogP) is 4.62. The van der Waals surface area contributed by atoms with Gasteiger partial charge in [-0.05, 0) is 35.8 Å². The molecule has 0 saturated carbocycles. The van der Waals surface area contributed by atoms with Crippen molar-refractivity contribution >= 4 is 28.5 Å². The maximum absolute atomic E-state index is 12.4. The van der Waals surface area contributed by atoms with E-state index in [9.17, 15) is 15.2 Å². The van der Waals surface area contributed by atoms with E-state index < -0.39 is 5.91 Å². The Morgan fingerprint density at radius 2 is 2.07 bits per heavy atom. The maximum Gasteiger partial charge on any atom is 0.268 e. The average Bonchev–Trinajstić information content (AvgIpc) is 3.14. The van der Waals surface area contributed by atoms with Gasteiger partial charge in [0.15, 0.2) is 5.13 Å². The Hall–Kier alpha value is -3.43. The van der Waals surface area contributed by atoms with Gasteiger partial charge in [0.25, 0.3) is 5.91 Å². The number of nitriles is 1. The second-order valence-corrected chi connectivity index (χ2v) is 6.67. The number of thiazole rings is 1. The summed E-state index contributed by atoms with van der Waals surface area (Å²) in [5.41, 5.74) is 3.49. The molecular weight excluding hydrogens is 358 g/mol. The molecule has 134 valence electrons. The van der Waals surface area contributed by atoms with Gasteiger partial charge in [0, 0.05) is 10.9 Å². The van der Waals surface area contributed by atoms with Gasteiger partial charge in [-0.15, -0.1) is 11.3 Å². The number of hydrogen-bond acceptors (Lipinski definition) is 5. The molecule has 0 atom stereocenters. The lowest BCUT2D eigenvalue weighted by molar-refractivity contribution is -0.112. The lowest BCUT2D eigenvalue weighted by Crippen LogP contribution is -2.13. The number of amides is 1. The molecule has 1 amide bonds. The fourth-order valence-corrected chi connectivity index (χ4v) is 3.18.